The number of H-pyrrole nitrogens is 1. The summed E-state index contributed by atoms with van der Waals surface area (Å²) >= 11 is 0. The third-order valence-corrected chi connectivity index (χ3v) is 3.35. The van der Waals surface area contributed by atoms with Crippen LogP contribution in [0.5, 0.6) is 0 Å². The van der Waals surface area contributed by atoms with Gasteiger partial charge in [0, 0.05) is 30.2 Å². The molecule has 1 aromatic heterocycles. The van der Waals surface area contributed by atoms with Gasteiger partial charge in [-0.25, -0.2) is 0 Å². The molecule has 0 saturated carbocycles. The normalized spacial score (nSPS) is 11.4. The highest BCUT2D eigenvalue weighted by Gasteiger charge is 2.05. The molecule has 110 valence electrons. The number of rotatable bonds is 5. The summed E-state index contributed by atoms with van der Waals surface area (Å²) in [4.78, 5) is 7.87. The van der Waals surface area contributed by atoms with Crippen molar-refractivity contribution in [3.8, 4) is 12.3 Å². The van der Waals surface area contributed by atoms with Crippen LogP contribution < -0.4 is 10.6 Å². The van der Waals surface area contributed by atoms with E-state index >= 15 is 0 Å². The SMILES string of the molecule is C#CCNC(=NCCc1c[nH]c2cccc(C)c12)NCC. The van der Waals surface area contributed by atoms with Crippen LogP contribution in [-0.4, -0.2) is 30.6 Å². The van der Waals surface area contributed by atoms with Crippen LogP contribution in [-0.2, 0) is 6.42 Å². The standard InChI is InChI=1S/C17H22N4/c1-4-10-19-17(18-5-2)20-11-9-14-12-21-15-8-6-7-13(3)16(14)15/h1,6-8,12,21H,5,9-11H2,2-3H3,(H2,18,19,20). The van der Waals surface area contributed by atoms with Gasteiger partial charge in [0.05, 0.1) is 6.54 Å². The Morgan fingerprint density at radius 1 is 1.38 bits per heavy atom. The van der Waals surface area contributed by atoms with Crippen molar-refractivity contribution in [1.82, 2.24) is 15.6 Å². The highest BCUT2D eigenvalue weighted by Crippen LogP contribution is 2.22. The second-order valence-corrected chi connectivity index (χ2v) is 4.88. The minimum Gasteiger partial charge on any atom is -0.361 e. The van der Waals surface area contributed by atoms with Crippen molar-refractivity contribution >= 4 is 16.9 Å². The van der Waals surface area contributed by atoms with E-state index in [0.717, 1.165) is 25.5 Å². The molecular weight excluding hydrogens is 260 g/mol. The number of hydrogen-bond donors (Lipinski definition) is 3. The van der Waals surface area contributed by atoms with Gasteiger partial charge >= 0.3 is 0 Å². The number of aromatic nitrogens is 1. The summed E-state index contributed by atoms with van der Waals surface area (Å²) in [5.74, 6) is 3.33. The van der Waals surface area contributed by atoms with Crippen molar-refractivity contribution in [3.63, 3.8) is 0 Å². The first-order chi connectivity index (χ1) is 10.3. The van der Waals surface area contributed by atoms with E-state index in [1.807, 2.05) is 6.92 Å². The Bertz CT molecular complexity index is 661. The smallest absolute Gasteiger partial charge is 0.192 e. The van der Waals surface area contributed by atoms with Crippen molar-refractivity contribution < 1.29 is 0 Å². The number of aromatic amines is 1. The molecule has 0 aliphatic heterocycles. The van der Waals surface area contributed by atoms with Crippen LogP contribution in [0.1, 0.15) is 18.1 Å². The zero-order valence-corrected chi connectivity index (χ0v) is 12.7. The van der Waals surface area contributed by atoms with E-state index < -0.39 is 0 Å². The van der Waals surface area contributed by atoms with Gasteiger partial charge in [-0.1, -0.05) is 18.1 Å². The largest absolute Gasteiger partial charge is 0.361 e. The quantitative estimate of drug-likeness (QED) is 0.447. The first kappa shape index (κ1) is 15.0. The maximum atomic E-state index is 5.26. The summed E-state index contributed by atoms with van der Waals surface area (Å²) in [7, 11) is 0. The summed E-state index contributed by atoms with van der Waals surface area (Å²) in [6, 6.07) is 6.32. The molecule has 2 aromatic rings. The van der Waals surface area contributed by atoms with Crippen molar-refractivity contribution in [2.24, 2.45) is 4.99 Å². The molecule has 0 fully saturated rings. The second-order valence-electron chi connectivity index (χ2n) is 4.88. The van der Waals surface area contributed by atoms with Crippen LogP contribution in [0.25, 0.3) is 10.9 Å². The third kappa shape index (κ3) is 3.79. The number of nitrogens with one attached hydrogen (secondary N) is 3. The molecule has 0 spiro atoms. The Labute approximate surface area is 126 Å². The molecule has 0 atom stereocenters. The number of terminal acetylenes is 1. The van der Waals surface area contributed by atoms with Gasteiger partial charge in [0.25, 0.3) is 0 Å². The average molecular weight is 282 g/mol. The van der Waals surface area contributed by atoms with Gasteiger partial charge in [-0.3, -0.25) is 4.99 Å². The number of aryl methyl sites for hydroxylation is 1. The molecular formula is C17H22N4. The molecule has 0 aliphatic carbocycles. The first-order valence-electron chi connectivity index (χ1n) is 7.27. The number of aliphatic imine (C=N–C) groups is 1. The monoisotopic (exact) mass is 282 g/mol. The molecule has 21 heavy (non-hydrogen) atoms. The van der Waals surface area contributed by atoms with Crippen LogP contribution in [0.15, 0.2) is 29.4 Å². The zero-order valence-electron chi connectivity index (χ0n) is 12.7. The number of nitrogens with zero attached hydrogens (tertiary/aromatic N) is 1. The van der Waals surface area contributed by atoms with Gasteiger partial charge in [-0.15, -0.1) is 6.42 Å². The fourth-order valence-corrected chi connectivity index (χ4v) is 2.41. The zero-order chi connectivity index (χ0) is 15.1. The lowest BCUT2D eigenvalue weighted by molar-refractivity contribution is 0.857. The summed E-state index contributed by atoms with van der Waals surface area (Å²) in [5, 5.41) is 7.59. The van der Waals surface area contributed by atoms with Crippen LogP contribution in [0.3, 0.4) is 0 Å². The Kier molecular flexibility index (Phi) is 5.28. The molecule has 1 aromatic carbocycles. The first-order valence-corrected chi connectivity index (χ1v) is 7.27. The van der Waals surface area contributed by atoms with E-state index in [9.17, 15) is 0 Å². The van der Waals surface area contributed by atoms with Crippen molar-refractivity contribution in [1.29, 1.82) is 0 Å². The van der Waals surface area contributed by atoms with E-state index in [0.29, 0.717) is 6.54 Å². The highest BCUT2D eigenvalue weighted by atomic mass is 15.2. The fourth-order valence-electron chi connectivity index (χ4n) is 2.41. The van der Waals surface area contributed by atoms with Crippen molar-refractivity contribution in [2.75, 3.05) is 19.6 Å². The number of benzene rings is 1. The van der Waals surface area contributed by atoms with E-state index in [2.05, 4.69) is 57.9 Å². The molecule has 0 bridgehead atoms. The highest BCUT2D eigenvalue weighted by molar-refractivity contribution is 5.86. The van der Waals surface area contributed by atoms with Crippen molar-refractivity contribution in [2.45, 2.75) is 20.3 Å². The van der Waals surface area contributed by atoms with Gasteiger partial charge in [-0.05, 0) is 37.5 Å². The lowest BCUT2D eigenvalue weighted by Crippen LogP contribution is -2.37. The molecule has 3 N–H and O–H groups in total. The van der Waals surface area contributed by atoms with Gasteiger partial charge < -0.3 is 15.6 Å². The van der Waals surface area contributed by atoms with Crippen LogP contribution in [0, 0.1) is 19.3 Å². The lowest BCUT2D eigenvalue weighted by atomic mass is 10.1. The average Bonchev–Trinajstić information content (AvgIpc) is 2.89. The van der Waals surface area contributed by atoms with Crippen LogP contribution in [0.2, 0.25) is 0 Å². The maximum absolute atomic E-state index is 5.26. The topological polar surface area (TPSA) is 52.2 Å². The predicted octanol–water partition coefficient (Wildman–Crippen LogP) is 2.21. The molecule has 4 nitrogen and oxygen atoms in total. The van der Waals surface area contributed by atoms with E-state index in [4.69, 9.17) is 6.42 Å². The Morgan fingerprint density at radius 2 is 2.24 bits per heavy atom. The second kappa shape index (κ2) is 7.39. The molecule has 0 unspecified atom stereocenters. The van der Waals surface area contributed by atoms with E-state index in [-0.39, 0.29) is 0 Å². The fraction of sp³-hybridized carbons (Fsp3) is 0.353. The van der Waals surface area contributed by atoms with Gasteiger partial charge in [0.2, 0.25) is 0 Å². The predicted molar refractivity (Wildman–Crippen MR) is 89.6 cm³/mol. The van der Waals surface area contributed by atoms with Gasteiger partial charge in [0.15, 0.2) is 5.96 Å². The molecule has 0 saturated heterocycles. The molecule has 0 amide bonds. The van der Waals surface area contributed by atoms with E-state index in [1.165, 1.54) is 22.0 Å². The third-order valence-electron chi connectivity index (χ3n) is 3.35. The molecule has 4 heteroatoms. The number of hydrogen-bond acceptors (Lipinski definition) is 1. The Hall–Kier alpha value is -2.41. The minimum absolute atomic E-state index is 0.484. The Morgan fingerprint density at radius 3 is 3.00 bits per heavy atom. The number of fused-ring (bicyclic) bond motifs is 1. The Balaban J connectivity index is 2.05. The lowest BCUT2D eigenvalue weighted by Gasteiger charge is -2.08. The minimum atomic E-state index is 0.484. The van der Waals surface area contributed by atoms with Crippen LogP contribution >= 0.6 is 0 Å². The maximum Gasteiger partial charge on any atom is 0.192 e. The van der Waals surface area contributed by atoms with Gasteiger partial charge in [-0.2, -0.15) is 0 Å². The van der Waals surface area contributed by atoms with E-state index in [1.54, 1.807) is 0 Å². The molecule has 0 radical (unpaired) electrons. The van der Waals surface area contributed by atoms with Gasteiger partial charge in [0.1, 0.15) is 0 Å². The van der Waals surface area contributed by atoms with Crippen molar-refractivity contribution in [3.05, 3.63) is 35.5 Å². The molecule has 2 rings (SSSR count). The summed E-state index contributed by atoms with van der Waals surface area (Å²) in [6.45, 7) is 6.21. The summed E-state index contributed by atoms with van der Waals surface area (Å²) in [5.41, 5.74) is 3.79. The number of guanidine groups is 1. The molecule has 0 aliphatic rings. The summed E-state index contributed by atoms with van der Waals surface area (Å²) < 4.78 is 0. The van der Waals surface area contributed by atoms with Crippen LogP contribution in [0.4, 0.5) is 0 Å². The summed E-state index contributed by atoms with van der Waals surface area (Å²) in [6.07, 6.45) is 8.24. The molecule has 1 heterocycles.